The van der Waals surface area contributed by atoms with Crippen LogP contribution in [0.1, 0.15) is 10.7 Å². The van der Waals surface area contributed by atoms with Gasteiger partial charge in [0.1, 0.15) is 0 Å². The van der Waals surface area contributed by atoms with E-state index in [0.29, 0.717) is 0 Å². The molecule has 0 radical (unpaired) electrons. The molecule has 6 heteroatoms. The number of fused-ring (bicyclic) bond motifs is 1. The standard InChI is InChI=1S/C15H19N5S/c1-10-18-13-6-5-11(7-14(13)21-10)16-8-12-9-17-15(19(2)3)20(12)4/h5-7,9,16H,8H2,1-4H3. The van der Waals surface area contributed by atoms with Gasteiger partial charge in [-0.3, -0.25) is 0 Å². The first-order valence-corrected chi connectivity index (χ1v) is 7.65. The first kappa shape index (κ1) is 13.9. The van der Waals surface area contributed by atoms with Crippen molar-refractivity contribution in [2.75, 3.05) is 24.3 Å². The number of benzene rings is 1. The van der Waals surface area contributed by atoms with Gasteiger partial charge in [-0.25, -0.2) is 9.97 Å². The van der Waals surface area contributed by atoms with Crippen LogP contribution < -0.4 is 10.2 Å². The molecular weight excluding hydrogens is 282 g/mol. The van der Waals surface area contributed by atoms with Gasteiger partial charge in [0.2, 0.25) is 5.95 Å². The molecule has 2 aromatic heterocycles. The van der Waals surface area contributed by atoms with Crippen LogP contribution in [0.15, 0.2) is 24.4 Å². The molecule has 5 nitrogen and oxygen atoms in total. The highest BCUT2D eigenvalue weighted by Crippen LogP contribution is 2.25. The van der Waals surface area contributed by atoms with Gasteiger partial charge in [0.05, 0.1) is 33.7 Å². The summed E-state index contributed by atoms with van der Waals surface area (Å²) in [7, 11) is 6.04. The molecule has 2 heterocycles. The lowest BCUT2D eigenvalue weighted by atomic mass is 10.3. The zero-order chi connectivity index (χ0) is 15.0. The summed E-state index contributed by atoms with van der Waals surface area (Å²) in [5.41, 5.74) is 3.33. The van der Waals surface area contributed by atoms with Crippen LogP contribution in [0.5, 0.6) is 0 Å². The zero-order valence-electron chi connectivity index (χ0n) is 12.7. The Labute approximate surface area is 128 Å². The third-order valence-electron chi connectivity index (χ3n) is 3.43. The summed E-state index contributed by atoms with van der Waals surface area (Å²) in [6.45, 7) is 2.79. The normalized spacial score (nSPS) is 11.0. The highest BCUT2D eigenvalue weighted by Gasteiger charge is 2.08. The van der Waals surface area contributed by atoms with Gasteiger partial charge in [0.25, 0.3) is 0 Å². The highest BCUT2D eigenvalue weighted by atomic mass is 32.1. The van der Waals surface area contributed by atoms with Crippen LogP contribution in [0, 0.1) is 6.92 Å². The van der Waals surface area contributed by atoms with Crippen molar-refractivity contribution in [3.63, 3.8) is 0 Å². The Hall–Kier alpha value is -2.08. The molecule has 3 rings (SSSR count). The van der Waals surface area contributed by atoms with E-state index in [4.69, 9.17) is 0 Å². The van der Waals surface area contributed by atoms with Crippen molar-refractivity contribution in [1.82, 2.24) is 14.5 Å². The molecule has 0 aliphatic heterocycles. The fourth-order valence-electron chi connectivity index (χ4n) is 2.36. The summed E-state index contributed by atoms with van der Waals surface area (Å²) in [6.07, 6.45) is 1.91. The summed E-state index contributed by atoms with van der Waals surface area (Å²) in [4.78, 5) is 10.9. The average molecular weight is 301 g/mol. The molecule has 0 aliphatic rings. The van der Waals surface area contributed by atoms with Crippen LogP contribution in [0.4, 0.5) is 11.6 Å². The van der Waals surface area contributed by atoms with E-state index in [1.807, 2.05) is 39.2 Å². The predicted octanol–water partition coefficient (Wildman–Crippen LogP) is 3.02. The molecule has 0 fully saturated rings. The number of hydrogen-bond donors (Lipinski definition) is 1. The minimum Gasteiger partial charge on any atom is -0.379 e. The van der Waals surface area contributed by atoms with E-state index in [1.54, 1.807) is 11.3 Å². The zero-order valence-corrected chi connectivity index (χ0v) is 13.5. The Morgan fingerprint density at radius 3 is 2.86 bits per heavy atom. The van der Waals surface area contributed by atoms with Crippen LogP contribution >= 0.6 is 11.3 Å². The van der Waals surface area contributed by atoms with E-state index in [1.165, 1.54) is 4.70 Å². The van der Waals surface area contributed by atoms with Gasteiger partial charge < -0.3 is 14.8 Å². The molecule has 0 saturated heterocycles. The average Bonchev–Trinajstić information content (AvgIpc) is 2.97. The van der Waals surface area contributed by atoms with Crippen LogP contribution in [-0.2, 0) is 13.6 Å². The molecule has 0 saturated carbocycles. The van der Waals surface area contributed by atoms with Crippen LogP contribution in [0.25, 0.3) is 10.2 Å². The van der Waals surface area contributed by atoms with Gasteiger partial charge in [-0.15, -0.1) is 11.3 Å². The van der Waals surface area contributed by atoms with Crippen molar-refractivity contribution in [2.45, 2.75) is 13.5 Å². The molecule has 3 aromatic rings. The van der Waals surface area contributed by atoms with Crippen molar-refractivity contribution in [3.05, 3.63) is 35.1 Å². The molecule has 0 bridgehead atoms. The number of thiazole rings is 1. The second kappa shape index (κ2) is 5.37. The minimum atomic E-state index is 0.751. The highest BCUT2D eigenvalue weighted by molar-refractivity contribution is 7.18. The topological polar surface area (TPSA) is 46.0 Å². The summed E-state index contributed by atoms with van der Waals surface area (Å²) in [5, 5.41) is 4.56. The Bertz CT molecular complexity index is 772. The number of hydrogen-bond acceptors (Lipinski definition) is 5. The van der Waals surface area contributed by atoms with E-state index in [2.05, 4.69) is 38.1 Å². The van der Waals surface area contributed by atoms with Gasteiger partial charge in [0, 0.05) is 26.8 Å². The number of aromatic nitrogens is 3. The number of nitrogens with zero attached hydrogens (tertiary/aromatic N) is 4. The fourth-order valence-corrected chi connectivity index (χ4v) is 3.22. The maximum absolute atomic E-state index is 4.48. The first-order chi connectivity index (χ1) is 10.0. The van der Waals surface area contributed by atoms with Crippen molar-refractivity contribution >= 4 is 33.2 Å². The van der Waals surface area contributed by atoms with Crippen LogP contribution in [0.3, 0.4) is 0 Å². The van der Waals surface area contributed by atoms with Crippen molar-refractivity contribution < 1.29 is 0 Å². The van der Waals surface area contributed by atoms with E-state index < -0.39 is 0 Å². The predicted molar refractivity (Wildman–Crippen MR) is 89.2 cm³/mol. The SMILES string of the molecule is Cc1nc2ccc(NCc3cnc(N(C)C)n3C)cc2s1. The maximum Gasteiger partial charge on any atom is 0.204 e. The Balaban J connectivity index is 1.76. The van der Waals surface area contributed by atoms with E-state index >= 15 is 0 Å². The van der Waals surface area contributed by atoms with Crippen molar-refractivity contribution in [1.29, 1.82) is 0 Å². The van der Waals surface area contributed by atoms with Crippen molar-refractivity contribution in [3.8, 4) is 0 Å². The van der Waals surface area contributed by atoms with Gasteiger partial charge in [-0.05, 0) is 25.1 Å². The lowest BCUT2D eigenvalue weighted by Gasteiger charge is -2.13. The van der Waals surface area contributed by atoms with E-state index in [9.17, 15) is 0 Å². The third kappa shape index (κ3) is 2.71. The third-order valence-corrected chi connectivity index (χ3v) is 4.36. The maximum atomic E-state index is 4.48. The van der Waals surface area contributed by atoms with Gasteiger partial charge >= 0.3 is 0 Å². The second-order valence-corrected chi connectivity index (χ2v) is 6.51. The molecule has 21 heavy (non-hydrogen) atoms. The Morgan fingerprint density at radius 1 is 1.33 bits per heavy atom. The van der Waals surface area contributed by atoms with Gasteiger partial charge in [0.15, 0.2) is 0 Å². The number of aryl methyl sites for hydroxylation is 1. The van der Waals surface area contributed by atoms with Crippen molar-refractivity contribution in [2.24, 2.45) is 7.05 Å². The quantitative estimate of drug-likeness (QED) is 0.804. The van der Waals surface area contributed by atoms with Crippen LogP contribution in [-0.4, -0.2) is 28.6 Å². The summed E-state index contributed by atoms with van der Waals surface area (Å²) >= 11 is 1.72. The molecule has 110 valence electrons. The second-order valence-electron chi connectivity index (χ2n) is 5.27. The molecule has 0 amide bonds. The molecule has 0 atom stereocenters. The molecule has 0 spiro atoms. The van der Waals surface area contributed by atoms with Gasteiger partial charge in [-0.1, -0.05) is 0 Å². The summed E-state index contributed by atoms with van der Waals surface area (Å²) in [5.74, 6) is 0.959. The fraction of sp³-hybridized carbons (Fsp3) is 0.333. The van der Waals surface area contributed by atoms with Gasteiger partial charge in [-0.2, -0.15) is 0 Å². The number of nitrogens with one attached hydrogen (secondary N) is 1. The number of rotatable bonds is 4. The minimum absolute atomic E-state index is 0.751. The molecule has 0 aliphatic carbocycles. The molecule has 1 N–H and O–H groups in total. The van der Waals surface area contributed by atoms with E-state index in [0.717, 1.165) is 34.4 Å². The monoisotopic (exact) mass is 301 g/mol. The largest absolute Gasteiger partial charge is 0.379 e. The molecular formula is C15H19N5S. The number of imidazole rings is 1. The lowest BCUT2D eigenvalue weighted by molar-refractivity contribution is 0.814. The lowest BCUT2D eigenvalue weighted by Crippen LogP contribution is -2.15. The Morgan fingerprint density at radius 2 is 2.14 bits per heavy atom. The Kier molecular flexibility index (Phi) is 3.55. The van der Waals surface area contributed by atoms with Crippen LogP contribution in [0.2, 0.25) is 0 Å². The summed E-state index contributed by atoms with van der Waals surface area (Å²) < 4.78 is 3.32. The number of anilines is 2. The smallest absolute Gasteiger partial charge is 0.204 e. The first-order valence-electron chi connectivity index (χ1n) is 6.83. The summed E-state index contributed by atoms with van der Waals surface area (Å²) in [6, 6.07) is 6.30. The molecule has 0 unspecified atom stereocenters. The molecule has 1 aromatic carbocycles. The van der Waals surface area contributed by atoms with E-state index in [-0.39, 0.29) is 0 Å².